The van der Waals surface area contributed by atoms with Crippen LogP contribution in [0.2, 0.25) is 0 Å². The Morgan fingerprint density at radius 1 is 1.07 bits per heavy atom. The second kappa shape index (κ2) is 7.37. The van der Waals surface area contributed by atoms with Gasteiger partial charge in [-0.05, 0) is 48.4 Å². The number of aryl methyl sites for hydroxylation is 1. The highest BCUT2D eigenvalue weighted by Gasteiger charge is 2.32. The van der Waals surface area contributed by atoms with E-state index in [1.54, 1.807) is 13.0 Å². The van der Waals surface area contributed by atoms with Gasteiger partial charge in [0.25, 0.3) is 0 Å². The highest BCUT2D eigenvalue weighted by atomic mass is 19.1. The van der Waals surface area contributed by atoms with E-state index >= 15 is 0 Å². The average molecular weight is 384 g/mol. The molecule has 2 atom stereocenters. The van der Waals surface area contributed by atoms with Gasteiger partial charge in [0, 0.05) is 19.3 Å². The van der Waals surface area contributed by atoms with E-state index in [-0.39, 0.29) is 23.1 Å². The molecule has 7 heteroatoms. The summed E-state index contributed by atoms with van der Waals surface area (Å²) in [7, 11) is 0. The lowest BCUT2D eigenvalue weighted by molar-refractivity contribution is 0.371. The molecule has 1 aliphatic rings. The Morgan fingerprint density at radius 3 is 2.46 bits per heavy atom. The van der Waals surface area contributed by atoms with Crippen LogP contribution in [0, 0.1) is 24.5 Å². The van der Waals surface area contributed by atoms with E-state index in [1.807, 2.05) is 0 Å². The summed E-state index contributed by atoms with van der Waals surface area (Å²) in [4.78, 5) is 0. The minimum Gasteiger partial charge on any atom is -0.426 e. The standard InChI is InChI=1S/C21H22F2N4O/c1-11(2)14-8-7-13(9-19-26-24-12(3)28-19)21-15(14)10-18(25-27-21)20-16(22)5-4-6-17(20)23/h4-6,10-11,13-14H,7-9H2,1-3H3. The third kappa shape index (κ3) is 3.41. The lowest BCUT2D eigenvalue weighted by Gasteiger charge is -2.32. The number of hydrogen-bond acceptors (Lipinski definition) is 5. The largest absolute Gasteiger partial charge is 0.426 e. The third-order valence-electron chi connectivity index (χ3n) is 5.48. The van der Waals surface area contributed by atoms with Gasteiger partial charge in [0.2, 0.25) is 11.8 Å². The first kappa shape index (κ1) is 18.7. The van der Waals surface area contributed by atoms with Gasteiger partial charge in [0.1, 0.15) is 11.6 Å². The van der Waals surface area contributed by atoms with Crippen molar-refractivity contribution in [3.05, 3.63) is 58.9 Å². The molecule has 0 N–H and O–H groups in total. The van der Waals surface area contributed by atoms with Crippen molar-refractivity contribution in [2.75, 3.05) is 0 Å². The van der Waals surface area contributed by atoms with Crippen LogP contribution < -0.4 is 0 Å². The summed E-state index contributed by atoms with van der Waals surface area (Å²) in [5.41, 5.74) is 1.97. The quantitative estimate of drug-likeness (QED) is 0.635. The first-order chi connectivity index (χ1) is 13.4. The van der Waals surface area contributed by atoms with Gasteiger partial charge in [0.15, 0.2) is 0 Å². The molecule has 0 bridgehead atoms. The zero-order valence-electron chi connectivity index (χ0n) is 16.1. The highest BCUT2D eigenvalue weighted by Crippen LogP contribution is 2.43. The molecule has 0 saturated heterocycles. The fraction of sp³-hybridized carbons (Fsp3) is 0.429. The molecule has 0 saturated carbocycles. The van der Waals surface area contributed by atoms with Crippen LogP contribution in [0.15, 0.2) is 28.7 Å². The monoisotopic (exact) mass is 384 g/mol. The molecule has 2 unspecified atom stereocenters. The predicted molar refractivity (Wildman–Crippen MR) is 99.7 cm³/mol. The van der Waals surface area contributed by atoms with E-state index in [4.69, 9.17) is 4.42 Å². The van der Waals surface area contributed by atoms with E-state index in [0.717, 1.165) is 24.1 Å². The number of hydrogen-bond donors (Lipinski definition) is 0. The summed E-state index contributed by atoms with van der Waals surface area (Å²) < 4.78 is 34.0. The summed E-state index contributed by atoms with van der Waals surface area (Å²) in [6.07, 6.45) is 2.48. The Kier molecular flexibility index (Phi) is 4.91. The molecule has 1 aromatic carbocycles. The van der Waals surface area contributed by atoms with Gasteiger partial charge in [-0.1, -0.05) is 19.9 Å². The molecule has 0 radical (unpaired) electrons. The van der Waals surface area contributed by atoms with Crippen LogP contribution in [-0.2, 0) is 6.42 Å². The van der Waals surface area contributed by atoms with Crippen molar-refractivity contribution in [1.82, 2.24) is 20.4 Å². The number of benzene rings is 1. The van der Waals surface area contributed by atoms with Crippen LogP contribution in [0.3, 0.4) is 0 Å². The molecule has 2 heterocycles. The molecule has 28 heavy (non-hydrogen) atoms. The van der Waals surface area contributed by atoms with Gasteiger partial charge in [0.05, 0.1) is 17.0 Å². The van der Waals surface area contributed by atoms with Crippen LogP contribution >= 0.6 is 0 Å². The van der Waals surface area contributed by atoms with E-state index in [9.17, 15) is 8.78 Å². The number of rotatable bonds is 4. The smallest absolute Gasteiger partial charge is 0.217 e. The Morgan fingerprint density at radius 2 is 1.82 bits per heavy atom. The molecule has 2 aromatic heterocycles. The molecule has 0 amide bonds. The molecule has 0 fully saturated rings. The molecule has 0 aliphatic heterocycles. The maximum absolute atomic E-state index is 14.3. The van der Waals surface area contributed by atoms with Gasteiger partial charge in [-0.15, -0.1) is 10.2 Å². The van der Waals surface area contributed by atoms with E-state index in [2.05, 4.69) is 34.2 Å². The van der Waals surface area contributed by atoms with Crippen molar-refractivity contribution in [2.24, 2.45) is 5.92 Å². The van der Waals surface area contributed by atoms with Gasteiger partial charge in [-0.25, -0.2) is 8.78 Å². The normalized spacial score (nSPS) is 19.1. The molecule has 0 spiro atoms. The molecule has 3 aromatic rings. The molecular weight excluding hydrogens is 362 g/mol. The van der Waals surface area contributed by atoms with Crippen molar-refractivity contribution in [3.8, 4) is 11.3 Å². The first-order valence-corrected chi connectivity index (χ1v) is 9.55. The number of nitrogens with zero attached hydrogens (tertiary/aromatic N) is 4. The lowest BCUT2D eigenvalue weighted by atomic mass is 9.74. The number of aromatic nitrogens is 4. The van der Waals surface area contributed by atoms with Crippen molar-refractivity contribution >= 4 is 0 Å². The minimum absolute atomic E-state index is 0.0943. The first-order valence-electron chi connectivity index (χ1n) is 9.55. The van der Waals surface area contributed by atoms with Crippen molar-refractivity contribution in [1.29, 1.82) is 0 Å². The Labute approximate surface area is 162 Å². The second-order valence-electron chi connectivity index (χ2n) is 7.71. The minimum atomic E-state index is -0.635. The van der Waals surface area contributed by atoms with E-state index in [1.165, 1.54) is 18.2 Å². The molecule has 1 aliphatic carbocycles. The van der Waals surface area contributed by atoms with Crippen molar-refractivity contribution in [3.63, 3.8) is 0 Å². The zero-order chi connectivity index (χ0) is 19.8. The van der Waals surface area contributed by atoms with E-state index in [0.29, 0.717) is 24.1 Å². The maximum atomic E-state index is 14.3. The summed E-state index contributed by atoms with van der Waals surface area (Å²) in [5, 5.41) is 16.6. The molecule has 146 valence electrons. The van der Waals surface area contributed by atoms with Gasteiger partial charge < -0.3 is 4.42 Å². The zero-order valence-corrected chi connectivity index (χ0v) is 16.1. The van der Waals surface area contributed by atoms with Gasteiger partial charge in [-0.2, -0.15) is 10.2 Å². The SMILES string of the molecule is Cc1nnc(CC2CCC(C(C)C)c3cc(-c4c(F)cccc4F)nnc32)o1. The maximum Gasteiger partial charge on any atom is 0.217 e. The van der Waals surface area contributed by atoms with Crippen LogP contribution in [0.1, 0.15) is 61.6 Å². The summed E-state index contributed by atoms with van der Waals surface area (Å²) in [5.74, 6) is 0.572. The van der Waals surface area contributed by atoms with Gasteiger partial charge in [-0.3, -0.25) is 0 Å². The summed E-state index contributed by atoms with van der Waals surface area (Å²) in [6.45, 7) is 6.06. The number of halogens is 2. The van der Waals surface area contributed by atoms with E-state index < -0.39 is 11.6 Å². The van der Waals surface area contributed by atoms with Crippen LogP contribution in [0.5, 0.6) is 0 Å². The van der Waals surface area contributed by atoms with Crippen LogP contribution in [-0.4, -0.2) is 20.4 Å². The summed E-state index contributed by atoms with van der Waals surface area (Å²) in [6, 6.07) is 5.62. The van der Waals surface area contributed by atoms with Crippen LogP contribution in [0.25, 0.3) is 11.3 Å². The topological polar surface area (TPSA) is 64.7 Å². The molecule has 4 rings (SSSR count). The van der Waals surface area contributed by atoms with Gasteiger partial charge >= 0.3 is 0 Å². The lowest BCUT2D eigenvalue weighted by Crippen LogP contribution is -2.22. The fourth-order valence-corrected chi connectivity index (χ4v) is 4.09. The summed E-state index contributed by atoms with van der Waals surface area (Å²) >= 11 is 0. The Hall–Kier alpha value is -2.70. The third-order valence-corrected chi connectivity index (χ3v) is 5.48. The van der Waals surface area contributed by atoms with Crippen LogP contribution in [0.4, 0.5) is 8.78 Å². The Balaban J connectivity index is 1.77. The predicted octanol–water partition coefficient (Wildman–Crippen LogP) is 4.97. The Bertz CT molecular complexity index is 982. The molecular formula is C21H22F2N4O. The second-order valence-corrected chi connectivity index (χ2v) is 7.71. The van der Waals surface area contributed by atoms with Crippen molar-refractivity contribution < 1.29 is 13.2 Å². The fourth-order valence-electron chi connectivity index (χ4n) is 4.09. The average Bonchev–Trinajstić information content (AvgIpc) is 3.06. The number of fused-ring (bicyclic) bond motifs is 1. The van der Waals surface area contributed by atoms with Crippen molar-refractivity contribution in [2.45, 2.75) is 51.9 Å². The molecule has 5 nitrogen and oxygen atoms in total. The highest BCUT2D eigenvalue weighted by molar-refractivity contribution is 5.61.